The Hall–Kier alpha value is -2.36. The van der Waals surface area contributed by atoms with Gasteiger partial charge < -0.3 is 14.8 Å². The number of hydrogen-bond acceptors (Lipinski definition) is 7. The first kappa shape index (κ1) is 21.9. The molecule has 3 heterocycles. The molecule has 0 radical (unpaired) electrons. The monoisotopic (exact) mass is 458 g/mol. The Morgan fingerprint density at radius 1 is 1.35 bits per heavy atom. The molecule has 0 saturated carbocycles. The van der Waals surface area contributed by atoms with Gasteiger partial charge in [-0.1, -0.05) is 17.8 Å². The highest BCUT2D eigenvalue weighted by Crippen LogP contribution is 2.29. The van der Waals surface area contributed by atoms with E-state index in [2.05, 4.69) is 20.1 Å². The number of rotatable bonds is 9. The molecule has 164 valence electrons. The molecule has 0 spiro atoms. The van der Waals surface area contributed by atoms with Crippen molar-refractivity contribution in [2.24, 2.45) is 0 Å². The Morgan fingerprint density at radius 2 is 2.19 bits per heavy atom. The molecule has 9 heteroatoms. The number of carbonyl (C=O) groups is 1. The second-order valence-electron chi connectivity index (χ2n) is 7.34. The van der Waals surface area contributed by atoms with Gasteiger partial charge in [-0.05, 0) is 55.5 Å². The van der Waals surface area contributed by atoms with E-state index in [1.807, 2.05) is 48.7 Å². The molecule has 7 nitrogen and oxygen atoms in total. The van der Waals surface area contributed by atoms with Crippen LogP contribution in [0.5, 0.6) is 5.75 Å². The third-order valence-corrected chi connectivity index (χ3v) is 7.10. The van der Waals surface area contributed by atoms with Crippen LogP contribution in [0.1, 0.15) is 24.6 Å². The van der Waals surface area contributed by atoms with E-state index in [1.54, 1.807) is 18.4 Å². The molecule has 2 aromatic heterocycles. The van der Waals surface area contributed by atoms with Crippen LogP contribution in [-0.2, 0) is 22.6 Å². The number of benzene rings is 1. The number of methoxy groups -OCH3 is 1. The van der Waals surface area contributed by atoms with Crippen molar-refractivity contribution in [2.75, 3.05) is 13.7 Å². The van der Waals surface area contributed by atoms with Crippen molar-refractivity contribution in [1.82, 2.24) is 20.1 Å². The van der Waals surface area contributed by atoms with Crippen molar-refractivity contribution in [1.29, 1.82) is 0 Å². The Morgan fingerprint density at radius 3 is 2.87 bits per heavy atom. The predicted molar refractivity (Wildman–Crippen MR) is 122 cm³/mol. The number of thiophene rings is 1. The largest absolute Gasteiger partial charge is 0.497 e. The maximum absolute atomic E-state index is 12.6. The molecule has 3 aromatic rings. The summed E-state index contributed by atoms with van der Waals surface area (Å²) in [6, 6.07) is 11.8. The number of aromatic nitrogens is 3. The summed E-state index contributed by atoms with van der Waals surface area (Å²) in [5.41, 5.74) is 0.952. The van der Waals surface area contributed by atoms with Gasteiger partial charge in [-0.25, -0.2) is 0 Å². The normalized spacial score (nSPS) is 16.9. The lowest BCUT2D eigenvalue weighted by Crippen LogP contribution is -2.30. The van der Waals surface area contributed by atoms with Crippen molar-refractivity contribution >= 4 is 29.0 Å². The highest BCUT2D eigenvalue weighted by atomic mass is 32.2. The molecule has 1 N–H and O–H groups in total. The van der Waals surface area contributed by atoms with Crippen molar-refractivity contribution in [2.45, 2.75) is 49.4 Å². The average Bonchev–Trinajstić information content (AvgIpc) is 3.56. The molecule has 1 aliphatic rings. The molecule has 0 aliphatic carbocycles. The molecule has 2 unspecified atom stereocenters. The Labute approximate surface area is 190 Å². The zero-order valence-electron chi connectivity index (χ0n) is 17.6. The van der Waals surface area contributed by atoms with Crippen molar-refractivity contribution in [3.05, 3.63) is 46.7 Å². The van der Waals surface area contributed by atoms with E-state index in [4.69, 9.17) is 9.47 Å². The predicted octanol–water partition coefficient (Wildman–Crippen LogP) is 3.99. The third-order valence-electron chi connectivity index (χ3n) is 5.14. The summed E-state index contributed by atoms with van der Waals surface area (Å²) in [6.45, 7) is 3.89. The SMILES string of the molecule is COc1ccc(-c2nnc(SC(C)C(=O)NCc3cccs3)n2CC2CCCO2)cc1. The molecular weight excluding hydrogens is 432 g/mol. The van der Waals surface area contributed by atoms with Crippen LogP contribution in [-0.4, -0.2) is 45.7 Å². The minimum atomic E-state index is -0.295. The van der Waals surface area contributed by atoms with E-state index in [0.717, 1.165) is 46.6 Å². The molecule has 1 saturated heterocycles. The Bertz CT molecular complexity index is 983. The molecule has 1 fully saturated rings. The fraction of sp³-hybridized carbons (Fsp3) is 0.409. The summed E-state index contributed by atoms with van der Waals surface area (Å²) in [5.74, 6) is 1.54. The fourth-order valence-corrected chi connectivity index (χ4v) is 4.96. The number of thioether (sulfide) groups is 1. The van der Waals surface area contributed by atoms with E-state index in [9.17, 15) is 4.79 Å². The number of ether oxygens (including phenoxy) is 2. The van der Waals surface area contributed by atoms with Crippen LogP contribution >= 0.6 is 23.1 Å². The van der Waals surface area contributed by atoms with Crippen LogP contribution in [0.25, 0.3) is 11.4 Å². The number of nitrogens with one attached hydrogen (secondary N) is 1. The maximum atomic E-state index is 12.6. The number of carbonyl (C=O) groups excluding carboxylic acids is 1. The molecule has 1 aromatic carbocycles. The standard InChI is InChI=1S/C22H26N4O3S2/c1-15(21(27)23-13-19-6-4-12-30-19)31-22-25-24-20(16-7-9-17(28-2)10-8-16)26(22)14-18-5-3-11-29-18/h4,6-10,12,15,18H,3,5,11,13-14H2,1-2H3,(H,23,27). The van der Waals surface area contributed by atoms with E-state index in [1.165, 1.54) is 11.8 Å². The summed E-state index contributed by atoms with van der Waals surface area (Å²) < 4.78 is 13.2. The van der Waals surface area contributed by atoms with Gasteiger partial charge in [-0.3, -0.25) is 9.36 Å². The third kappa shape index (κ3) is 5.47. The first-order chi connectivity index (χ1) is 15.1. The minimum Gasteiger partial charge on any atom is -0.497 e. The van der Waals surface area contributed by atoms with Gasteiger partial charge in [-0.2, -0.15) is 0 Å². The summed E-state index contributed by atoms with van der Waals surface area (Å²) in [6.07, 6.45) is 2.21. The van der Waals surface area contributed by atoms with Crippen LogP contribution in [0.15, 0.2) is 46.9 Å². The first-order valence-corrected chi connectivity index (χ1v) is 12.1. The zero-order chi connectivity index (χ0) is 21.6. The summed E-state index contributed by atoms with van der Waals surface area (Å²) in [4.78, 5) is 13.8. The lowest BCUT2D eigenvalue weighted by Gasteiger charge is -2.16. The number of hydrogen-bond donors (Lipinski definition) is 1. The molecule has 1 aliphatic heterocycles. The molecule has 1 amide bonds. The summed E-state index contributed by atoms with van der Waals surface area (Å²) >= 11 is 3.06. The van der Waals surface area contributed by atoms with Gasteiger partial charge >= 0.3 is 0 Å². The van der Waals surface area contributed by atoms with Crippen LogP contribution in [0, 0.1) is 0 Å². The van der Waals surface area contributed by atoms with Crippen LogP contribution < -0.4 is 10.1 Å². The van der Waals surface area contributed by atoms with Gasteiger partial charge in [0.25, 0.3) is 0 Å². The molecule has 0 bridgehead atoms. The van der Waals surface area contributed by atoms with Crippen molar-refractivity contribution in [3.63, 3.8) is 0 Å². The van der Waals surface area contributed by atoms with Crippen LogP contribution in [0.2, 0.25) is 0 Å². The van der Waals surface area contributed by atoms with Gasteiger partial charge in [0.05, 0.1) is 31.6 Å². The second-order valence-corrected chi connectivity index (χ2v) is 9.68. The first-order valence-electron chi connectivity index (χ1n) is 10.3. The number of nitrogens with zero attached hydrogens (tertiary/aromatic N) is 3. The molecular formula is C22H26N4O3S2. The summed E-state index contributed by atoms with van der Waals surface area (Å²) in [5, 5.41) is 14.3. The smallest absolute Gasteiger partial charge is 0.233 e. The molecule has 2 atom stereocenters. The summed E-state index contributed by atoms with van der Waals surface area (Å²) in [7, 11) is 1.65. The van der Waals surface area contributed by atoms with E-state index >= 15 is 0 Å². The zero-order valence-corrected chi connectivity index (χ0v) is 19.2. The Kier molecular flexibility index (Phi) is 7.26. The van der Waals surface area contributed by atoms with Crippen LogP contribution in [0.3, 0.4) is 0 Å². The fourth-order valence-electron chi connectivity index (χ4n) is 3.43. The van der Waals surface area contributed by atoms with Crippen molar-refractivity contribution < 1.29 is 14.3 Å². The quantitative estimate of drug-likeness (QED) is 0.489. The van der Waals surface area contributed by atoms with E-state index < -0.39 is 0 Å². The van der Waals surface area contributed by atoms with E-state index in [0.29, 0.717) is 13.1 Å². The van der Waals surface area contributed by atoms with Gasteiger partial charge in [0.1, 0.15) is 5.75 Å². The lowest BCUT2D eigenvalue weighted by molar-refractivity contribution is -0.120. The topological polar surface area (TPSA) is 78.3 Å². The van der Waals surface area contributed by atoms with Crippen LogP contribution in [0.4, 0.5) is 0 Å². The molecule has 31 heavy (non-hydrogen) atoms. The highest BCUT2D eigenvalue weighted by Gasteiger charge is 2.24. The Balaban J connectivity index is 1.51. The van der Waals surface area contributed by atoms with Gasteiger partial charge in [0.15, 0.2) is 11.0 Å². The van der Waals surface area contributed by atoms with Gasteiger partial charge in [0.2, 0.25) is 5.91 Å². The molecule has 4 rings (SSSR count). The van der Waals surface area contributed by atoms with Gasteiger partial charge in [0, 0.05) is 17.0 Å². The average molecular weight is 459 g/mol. The highest BCUT2D eigenvalue weighted by molar-refractivity contribution is 8.00. The minimum absolute atomic E-state index is 0.0175. The second kappa shape index (κ2) is 10.3. The van der Waals surface area contributed by atoms with Crippen molar-refractivity contribution in [3.8, 4) is 17.1 Å². The van der Waals surface area contributed by atoms with E-state index in [-0.39, 0.29) is 17.3 Å². The van der Waals surface area contributed by atoms with Gasteiger partial charge in [-0.15, -0.1) is 21.5 Å². The lowest BCUT2D eigenvalue weighted by atomic mass is 10.2. The maximum Gasteiger partial charge on any atom is 0.233 e. The number of amides is 1.